The van der Waals surface area contributed by atoms with Crippen molar-refractivity contribution in [3.8, 4) is 5.75 Å². The molecule has 1 heterocycles. The van der Waals surface area contributed by atoms with Gasteiger partial charge in [0, 0.05) is 30.3 Å². The molecule has 9 nitrogen and oxygen atoms in total. The lowest BCUT2D eigenvalue weighted by atomic mass is 9.82. The van der Waals surface area contributed by atoms with Crippen LogP contribution in [0.1, 0.15) is 64.8 Å². The molecule has 2 aromatic carbocycles. The van der Waals surface area contributed by atoms with Crippen molar-refractivity contribution >= 4 is 23.7 Å². The molecule has 1 saturated carbocycles. The van der Waals surface area contributed by atoms with Gasteiger partial charge in [-0.1, -0.05) is 43.0 Å². The monoisotopic (exact) mass is 521 g/mol. The molecule has 3 amide bonds. The Morgan fingerprint density at radius 2 is 1.55 bits per heavy atom. The molecule has 1 aliphatic carbocycles. The van der Waals surface area contributed by atoms with Crippen molar-refractivity contribution in [3.63, 3.8) is 0 Å². The number of carboxylic acids is 1. The van der Waals surface area contributed by atoms with Gasteiger partial charge in [-0.15, -0.1) is 0 Å². The van der Waals surface area contributed by atoms with Crippen molar-refractivity contribution in [1.82, 2.24) is 15.1 Å². The van der Waals surface area contributed by atoms with Gasteiger partial charge < -0.3 is 25.0 Å². The summed E-state index contributed by atoms with van der Waals surface area (Å²) in [7, 11) is 1.51. The third kappa shape index (κ3) is 6.15. The van der Waals surface area contributed by atoms with Crippen molar-refractivity contribution in [2.45, 2.75) is 57.7 Å². The second kappa shape index (κ2) is 12.1. The van der Waals surface area contributed by atoms with Crippen LogP contribution in [-0.4, -0.2) is 71.0 Å². The second-order valence-electron chi connectivity index (χ2n) is 10.1. The zero-order chi connectivity index (χ0) is 27.2. The second-order valence-corrected chi connectivity index (χ2v) is 10.1. The number of aryl methyl sites for hydroxylation is 1. The molecule has 2 fully saturated rings. The molecule has 38 heavy (non-hydrogen) atoms. The molecule has 0 radical (unpaired) electrons. The zero-order valence-electron chi connectivity index (χ0n) is 21.9. The molecule has 0 bridgehead atoms. The molecule has 2 aromatic rings. The van der Waals surface area contributed by atoms with Crippen LogP contribution in [-0.2, 0) is 9.59 Å². The number of carboxylic acid groups (broad SMARTS) is 1. The van der Waals surface area contributed by atoms with Gasteiger partial charge in [0.15, 0.2) is 6.17 Å². The number of rotatable bonds is 8. The summed E-state index contributed by atoms with van der Waals surface area (Å²) in [6.45, 7) is 2.22. The van der Waals surface area contributed by atoms with E-state index in [1.807, 2.05) is 13.0 Å². The molecular weight excluding hydrogens is 486 g/mol. The first-order valence-electron chi connectivity index (χ1n) is 13.1. The molecule has 1 saturated heterocycles. The highest BCUT2D eigenvalue weighted by Crippen LogP contribution is 2.29. The lowest BCUT2D eigenvalue weighted by Gasteiger charge is -2.34. The molecule has 4 rings (SSSR count). The largest absolute Gasteiger partial charge is 0.497 e. The predicted octanol–water partition coefficient (Wildman–Crippen LogP) is 3.47. The van der Waals surface area contributed by atoms with Gasteiger partial charge in [-0.25, -0.2) is 0 Å². The first-order chi connectivity index (χ1) is 18.3. The van der Waals surface area contributed by atoms with E-state index in [4.69, 9.17) is 4.74 Å². The average Bonchev–Trinajstić information content (AvgIpc) is 3.37. The summed E-state index contributed by atoms with van der Waals surface area (Å²) in [6.07, 6.45) is 3.31. The highest BCUT2D eigenvalue weighted by atomic mass is 16.5. The van der Waals surface area contributed by atoms with Crippen LogP contribution in [0.2, 0.25) is 0 Å². The minimum atomic E-state index is -1.21. The minimum Gasteiger partial charge on any atom is -0.497 e. The maximum Gasteiger partial charge on any atom is 0.305 e. The fraction of sp³-hybridized carbons (Fsp3) is 0.448. The quantitative estimate of drug-likeness (QED) is 0.550. The molecule has 9 heteroatoms. The third-order valence-electron chi connectivity index (χ3n) is 7.45. The number of nitrogens with zero attached hydrogens (tertiary/aromatic N) is 2. The fourth-order valence-corrected chi connectivity index (χ4v) is 5.52. The van der Waals surface area contributed by atoms with Crippen molar-refractivity contribution in [2.24, 2.45) is 5.92 Å². The number of hydrogen-bond donors (Lipinski definition) is 2. The number of aliphatic carboxylic acids is 1. The van der Waals surface area contributed by atoms with Crippen LogP contribution in [0.3, 0.4) is 0 Å². The maximum absolute atomic E-state index is 13.8. The van der Waals surface area contributed by atoms with Crippen LogP contribution >= 0.6 is 0 Å². The number of benzene rings is 2. The molecule has 0 spiro atoms. The summed E-state index contributed by atoms with van der Waals surface area (Å²) in [6, 6.07) is 13.2. The summed E-state index contributed by atoms with van der Waals surface area (Å²) in [5.41, 5.74) is 1.66. The van der Waals surface area contributed by atoms with Crippen LogP contribution in [0, 0.1) is 12.8 Å². The number of nitrogens with one attached hydrogen (secondary N) is 1. The smallest absolute Gasteiger partial charge is 0.305 e. The molecular formula is C29H35N3O6. The molecule has 2 N–H and O–H groups in total. The number of carbonyl (C=O) groups excluding carboxylic acids is 3. The molecule has 2 unspecified atom stereocenters. The van der Waals surface area contributed by atoms with E-state index in [-0.39, 0.29) is 31.3 Å². The van der Waals surface area contributed by atoms with Gasteiger partial charge in [0.25, 0.3) is 17.7 Å². The maximum atomic E-state index is 13.8. The summed E-state index contributed by atoms with van der Waals surface area (Å²) in [5.74, 6) is -1.77. The van der Waals surface area contributed by atoms with E-state index in [2.05, 4.69) is 5.32 Å². The summed E-state index contributed by atoms with van der Waals surface area (Å²) >= 11 is 0. The molecule has 0 aromatic heterocycles. The van der Waals surface area contributed by atoms with Gasteiger partial charge in [0.1, 0.15) is 5.75 Å². The van der Waals surface area contributed by atoms with E-state index < -0.39 is 30.0 Å². The van der Waals surface area contributed by atoms with Crippen LogP contribution in [0.25, 0.3) is 0 Å². The van der Waals surface area contributed by atoms with Gasteiger partial charge in [-0.05, 0) is 56.0 Å². The fourth-order valence-electron chi connectivity index (χ4n) is 5.52. The standard InChI is InChI=1S/C29H35N3O6/c1-19-8-6-11-21(16-19)28(36)31-14-15-32(29(37)22-12-7-13-23(17-22)38-2)27(31)26(35)30-24(18-25(33)34)20-9-4-3-5-10-20/h6-8,11-13,16-17,20,24,27H,3-5,9-10,14-15,18H2,1-2H3,(H,30,35)(H,33,34). The van der Waals surface area contributed by atoms with Crippen molar-refractivity contribution in [3.05, 3.63) is 65.2 Å². The van der Waals surface area contributed by atoms with E-state index >= 15 is 0 Å². The predicted molar refractivity (Wildman–Crippen MR) is 141 cm³/mol. The van der Waals surface area contributed by atoms with Gasteiger partial charge >= 0.3 is 5.97 Å². The molecule has 1 aliphatic heterocycles. The lowest BCUT2D eigenvalue weighted by Crippen LogP contribution is -2.57. The number of methoxy groups -OCH3 is 1. The van der Waals surface area contributed by atoms with Crippen LogP contribution in [0.4, 0.5) is 0 Å². The van der Waals surface area contributed by atoms with Gasteiger partial charge in [-0.3, -0.25) is 19.2 Å². The Bertz CT molecular complexity index is 1190. The normalized spacial score (nSPS) is 18.6. The Labute approximate surface area is 222 Å². The Kier molecular flexibility index (Phi) is 8.66. The van der Waals surface area contributed by atoms with E-state index in [1.165, 1.54) is 16.9 Å². The Morgan fingerprint density at radius 1 is 0.947 bits per heavy atom. The number of carbonyl (C=O) groups is 4. The van der Waals surface area contributed by atoms with Gasteiger partial charge in [0.2, 0.25) is 0 Å². The Morgan fingerprint density at radius 3 is 2.13 bits per heavy atom. The lowest BCUT2D eigenvalue weighted by molar-refractivity contribution is -0.138. The zero-order valence-corrected chi connectivity index (χ0v) is 21.9. The average molecular weight is 522 g/mol. The first-order valence-corrected chi connectivity index (χ1v) is 13.1. The molecule has 2 atom stereocenters. The third-order valence-corrected chi connectivity index (χ3v) is 7.45. The highest BCUT2D eigenvalue weighted by Gasteiger charge is 2.44. The summed E-state index contributed by atoms with van der Waals surface area (Å²) < 4.78 is 5.26. The number of hydrogen-bond acceptors (Lipinski definition) is 5. The first kappa shape index (κ1) is 27.2. The highest BCUT2D eigenvalue weighted by molar-refractivity contribution is 6.02. The van der Waals surface area contributed by atoms with E-state index in [0.29, 0.717) is 16.9 Å². The van der Waals surface area contributed by atoms with Gasteiger partial charge in [-0.2, -0.15) is 0 Å². The van der Waals surface area contributed by atoms with E-state index in [1.54, 1.807) is 42.5 Å². The van der Waals surface area contributed by atoms with E-state index in [9.17, 15) is 24.3 Å². The summed E-state index contributed by atoms with van der Waals surface area (Å²) in [4.78, 5) is 55.5. The SMILES string of the molecule is COc1cccc(C(=O)N2CCN(C(=O)c3cccc(C)c3)C2C(=O)NC(CC(=O)O)C2CCCCC2)c1. The van der Waals surface area contributed by atoms with Crippen LogP contribution in [0.15, 0.2) is 48.5 Å². The minimum absolute atomic E-state index is 0.0358. The van der Waals surface area contributed by atoms with Gasteiger partial charge in [0.05, 0.1) is 13.5 Å². The molecule has 202 valence electrons. The van der Waals surface area contributed by atoms with Crippen LogP contribution < -0.4 is 10.1 Å². The van der Waals surface area contributed by atoms with Crippen molar-refractivity contribution < 1.29 is 29.0 Å². The molecule has 2 aliphatic rings. The number of amides is 3. The Hall–Kier alpha value is -3.88. The summed E-state index contributed by atoms with van der Waals surface area (Å²) in [5, 5.41) is 12.5. The van der Waals surface area contributed by atoms with E-state index in [0.717, 1.165) is 37.7 Å². The van der Waals surface area contributed by atoms with Crippen LogP contribution in [0.5, 0.6) is 5.75 Å². The van der Waals surface area contributed by atoms with Crippen molar-refractivity contribution in [2.75, 3.05) is 20.2 Å². The van der Waals surface area contributed by atoms with Crippen molar-refractivity contribution in [1.29, 1.82) is 0 Å². The Balaban J connectivity index is 1.65. The number of ether oxygens (including phenoxy) is 1. The topological polar surface area (TPSA) is 116 Å².